The molecule has 0 bridgehead atoms. The van der Waals surface area contributed by atoms with Gasteiger partial charge in [-0.05, 0) is 12.8 Å². The summed E-state index contributed by atoms with van der Waals surface area (Å²) in [6.45, 7) is -0.223. The molecule has 8 heteroatoms. The van der Waals surface area contributed by atoms with Crippen LogP contribution in [0.4, 0.5) is 0 Å². The highest BCUT2D eigenvalue weighted by Gasteiger charge is 2.19. The van der Waals surface area contributed by atoms with Crippen LogP contribution < -0.4 is 0 Å². The minimum Gasteiger partial charge on any atom is -0.755 e. The molecule has 0 aromatic rings. The molecule has 0 aromatic carbocycles. The molecule has 0 saturated heterocycles. The predicted octanol–water partition coefficient (Wildman–Crippen LogP) is 1.91. The fraction of sp³-hybridized carbons (Fsp3) is 0.357. The van der Waals surface area contributed by atoms with Crippen LogP contribution in [0.1, 0.15) is 25.7 Å². The first kappa shape index (κ1) is 16.3. The number of allylic oxidation sites excluding steroid dienone is 4. The Morgan fingerprint density at radius 2 is 2.27 bits per heavy atom. The van der Waals surface area contributed by atoms with Crippen molar-refractivity contribution in [3.8, 4) is 0 Å². The molecule has 0 aromatic heterocycles. The third-order valence-corrected chi connectivity index (χ3v) is 3.78. The fourth-order valence-electron chi connectivity index (χ4n) is 2.02. The molecule has 2 aliphatic rings. The molecule has 1 N–H and O–H groups in total. The van der Waals surface area contributed by atoms with E-state index in [1.54, 1.807) is 0 Å². The Morgan fingerprint density at radius 3 is 2.91 bits per heavy atom. The summed E-state index contributed by atoms with van der Waals surface area (Å²) >= 11 is -2.65. The highest BCUT2D eigenvalue weighted by molar-refractivity contribution is 7.76. The van der Waals surface area contributed by atoms with Crippen LogP contribution in [0.2, 0.25) is 0 Å². The maximum Gasteiger partial charge on any atom is 0.305 e. The van der Waals surface area contributed by atoms with E-state index in [1.807, 2.05) is 12.2 Å². The van der Waals surface area contributed by atoms with Gasteiger partial charge in [-0.25, -0.2) is 0 Å². The van der Waals surface area contributed by atoms with Gasteiger partial charge < -0.3 is 19.1 Å². The zero-order valence-corrected chi connectivity index (χ0v) is 12.6. The molecule has 0 saturated carbocycles. The first-order valence-corrected chi connectivity index (χ1v) is 7.75. The molecule has 2 rings (SSSR count). The Kier molecular flexibility index (Phi) is 5.79. The second-order valence-corrected chi connectivity index (χ2v) is 5.58. The van der Waals surface area contributed by atoms with E-state index >= 15 is 0 Å². The summed E-state index contributed by atoms with van der Waals surface area (Å²) in [6, 6.07) is 0. The van der Waals surface area contributed by atoms with Crippen LogP contribution >= 0.6 is 0 Å². The van der Waals surface area contributed by atoms with Crippen molar-refractivity contribution in [1.82, 2.24) is 4.31 Å². The molecule has 22 heavy (non-hydrogen) atoms. The summed E-state index contributed by atoms with van der Waals surface area (Å²) in [5, 5.41) is 8.67. The second kappa shape index (κ2) is 7.81. The number of nitrogens with zero attached hydrogens (tertiary/aromatic N) is 1. The number of hydrogen-bond acceptors (Lipinski definition) is 5. The van der Waals surface area contributed by atoms with Crippen LogP contribution in [0.5, 0.6) is 0 Å². The van der Waals surface area contributed by atoms with Crippen LogP contribution in [0.3, 0.4) is 0 Å². The van der Waals surface area contributed by atoms with E-state index in [4.69, 9.17) is 14.6 Å². The summed E-state index contributed by atoms with van der Waals surface area (Å²) in [4.78, 5) is 10.6. The topological polar surface area (TPSA) is 99.1 Å². The van der Waals surface area contributed by atoms with Crippen molar-refractivity contribution >= 4 is 17.2 Å². The van der Waals surface area contributed by atoms with Gasteiger partial charge in [0.1, 0.15) is 12.0 Å². The van der Waals surface area contributed by atoms with Gasteiger partial charge in [0.2, 0.25) is 5.88 Å². The van der Waals surface area contributed by atoms with Gasteiger partial charge >= 0.3 is 5.97 Å². The molecule has 1 atom stereocenters. The van der Waals surface area contributed by atoms with Crippen LogP contribution in [0, 0.1) is 0 Å². The number of aliphatic carboxylic acids is 1. The normalized spacial score (nSPS) is 18.3. The lowest BCUT2D eigenvalue weighted by Gasteiger charge is -2.29. The standard InChI is InChI=1S/C14H17NO6S/c16-14(17)6-7-15(22(18)19)13-10-20-9-12(21-13)8-11-4-2-1-3-5-11/h1-2,4,9-10H,3,5-8H2,(H,16,17)(H,18,19)/p-1. The lowest BCUT2D eigenvalue weighted by molar-refractivity contribution is -0.137. The highest BCUT2D eigenvalue weighted by Crippen LogP contribution is 2.26. The van der Waals surface area contributed by atoms with E-state index in [0.29, 0.717) is 12.2 Å². The quantitative estimate of drug-likeness (QED) is 0.717. The van der Waals surface area contributed by atoms with E-state index < -0.39 is 17.2 Å². The monoisotopic (exact) mass is 326 g/mol. The Morgan fingerprint density at radius 1 is 1.45 bits per heavy atom. The van der Waals surface area contributed by atoms with Crippen LogP contribution in [-0.4, -0.2) is 30.7 Å². The third-order valence-electron chi connectivity index (χ3n) is 3.06. The Bertz CT molecular complexity index is 578. The van der Waals surface area contributed by atoms with Gasteiger partial charge in [-0.1, -0.05) is 23.8 Å². The summed E-state index contributed by atoms with van der Waals surface area (Å²) in [5.41, 5.74) is 1.15. The predicted molar refractivity (Wildman–Crippen MR) is 77.3 cm³/mol. The van der Waals surface area contributed by atoms with Crippen molar-refractivity contribution in [2.24, 2.45) is 0 Å². The van der Waals surface area contributed by atoms with Gasteiger partial charge in [-0.2, -0.15) is 0 Å². The van der Waals surface area contributed by atoms with Gasteiger partial charge in [-0.15, -0.1) is 0 Å². The highest BCUT2D eigenvalue weighted by atomic mass is 32.2. The van der Waals surface area contributed by atoms with Crippen molar-refractivity contribution in [3.05, 3.63) is 48.0 Å². The van der Waals surface area contributed by atoms with Gasteiger partial charge in [0.15, 0.2) is 6.26 Å². The lowest BCUT2D eigenvalue weighted by Crippen LogP contribution is -2.30. The van der Waals surface area contributed by atoms with Gasteiger partial charge in [0.25, 0.3) is 0 Å². The van der Waals surface area contributed by atoms with Crippen molar-refractivity contribution in [2.45, 2.75) is 25.7 Å². The summed E-state index contributed by atoms with van der Waals surface area (Å²) < 4.78 is 33.9. The molecule has 1 unspecified atom stereocenters. The molecule has 1 heterocycles. The molecule has 0 radical (unpaired) electrons. The molecular formula is C14H16NO6S-. The van der Waals surface area contributed by atoms with Gasteiger partial charge in [0, 0.05) is 24.2 Å². The van der Waals surface area contributed by atoms with Crippen molar-refractivity contribution < 1.29 is 28.1 Å². The first-order chi connectivity index (χ1) is 10.6. The van der Waals surface area contributed by atoms with Crippen LogP contribution in [-0.2, 0) is 25.5 Å². The summed E-state index contributed by atoms with van der Waals surface area (Å²) in [7, 11) is 0. The minimum absolute atomic E-state index is 0.0426. The Balaban J connectivity index is 1.98. The molecule has 0 spiro atoms. The number of carbonyl (C=O) groups is 1. The van der Waals surface area contributed by atoms with E-state index in [0.717, 1.165) is 29.0 Å². The minimum atomic E-state index is -2.65. The first-order valence-electron chi connectivity index (χ1n) is 6.72. The number of carboxylic acid groups (broad SMARTS) is 1. The molecule has 7 nitrogen and oxygen atoms in total. The van der Waals surface area contributed by atoms with Crippen molar-refractivity contribution in [3.63, 3.8) is 0 Å². The van der Waals surface area contributed by atoms with E-state index in [9.17, 15) is 13.6 Å². The Labute approximate surface area is 130 Å². The zero-order valence-electron chi connectivity index (χ0n) is 11.8. The largest absolute Gasteiger partial charge is 0.755 e. The Hall–Kier alpha value is -2.06. The molecule has 1 aliphatic carbocycles. The van der Waals surface area contributed by atoms with Gasteiger partial charge in [-0.3, -0.25) is 13.3 Å². The van der Waals surface area contributed by atoms with Crippen LogP contribution in [0.25, 0.3) is 0 Å². The number of rotatable bonds is 7. The average molecular weight is 326 g/mol. The van der Waals surface area contributed by atoms with Crippen LogP contribution in [0.15, 0.2) is 48.0 Å². The van der Waals surface area contributed by atoms with E-state index in [-0.39, 0.29) is 18.8 Å². The van der Waals surface area contributed by atoms with Gasteiger partial charge in [0.05, 0.1) is 6.42 Å². The average Bonchev–Trinajstić information content (AvgIpc) is 2.48. The lowest BCUT2D eigenvalue weighted by atomic mass is 10.0. The fourth-order valence-corrected chi connectivity index (χ4v) is 2.48. The SMILES string of the molecule is O=C(O)CCN(C1=COC=C(CC2=CC=CCC2)O1)S(=O)[O-]. The molecule has 1 aliphatic heterocycles. The molecule has 0 amide bonds. The number of ether oxygens (including phenoxy) is 2. The van der Waals surface area contributed by atoms with E-state index in [1.165, 1.54) is 6.26 Å². The zero-order chi connectivity index (χ0) is 15.9. The maximum absolute atomic E-state index is 11.2. The van der Waals surface area contributed by atoms with Crippen molar-refractivity contribution in [2.75, 3.05) is 6.54 Å². The smallest absolute Gasteiger partial charge is 0.305 e. The maximum atomic E-state index is 11.2. The molecular weight excluding hydrogens is 310 g/mol. The number of hydrogen-bond donors (Lipinski definition) is 1. The molecule has 120 valence electrons. The van der Waals surface area contributed by atoms with Crippen molar-refractivity contribution in [1.29, 1.82) is 0 Å². The molecule has 0 fully saturated rings. The summed E-state index contributed by atoms with van der Waals surface area (Å²) in [5.74, 6) is -0.661. The third kappa shape index (κ3) is 4.74. The second-order valence-electron chi connectivity index (χ2n) is 4.71. The summed E-state index contributed by atoms with van der Waals surface area (Å²) in [6.07, 6.45) is 10.6. The van der Waals surface area contributed by atoms with E-state index in [2.05, 4.69) is 6.08 Å². The number of carboxylic acids is 1.